The lowest BCUT2D eigenvalue weighted by Crippen LogP contribution is -2.42. The van der Waals surface area contributed by atoms with Crippen molar-refractivity contribution in [2.45, 2.75) is 26.1 Å². The first-order valence-corrected chi connectivity index (χ1v) is 8.39. The van der Waals surface area contributed by atoms with Crippen LogP contribution in [0.4, 0.5) is 0 Å². The summed E-state index contributed by atoms with van der Waals surface area (Å²) in [7, 11) is 0. The lowest BCUT2D eigenvalue weighted by atomic mass is 10.1. The highest BCUT2D eigenvalue weighted by molar-refractivity contribution is 5.80. The summed E-state index contributed by atoms with van der Waals surface area (Å²) in [5, 5.41) is 0. The molecule has 0 saturated carbocycles. The monoisotopic (exact) mass is 326 g/mol. The normalized spacial score (nSPS) is 11.9. The second kappa shape index (κ2) is 9.85. The molecular formula is C20H26N2O2. The molecule has 4 heteroatoms. The molecule has 0 aliphatic rings. The average molecular weight is 326 g/mol. The molecule has 24 heavy (non-hydrogen) atoms. The number of rotatable bonds is 9. The molecule has 2 aromatic rings. The molecule has 0 saturated heterocycles. The van der Waals surface area contributed by atoms with Gasteiger partial charge in [0, 0.05) is 19.6 Å². The van der Waals surface area contributed by atoms with Crippen molar-refractivity contribution in [1.82, 2.24) is 4.90 Å². The molecule has 2 N–H and O–H groups in total. The van der Waals surface area contributed by atoms with Gasteiger partial charge in [-0.2, -0.15) is 0 Å². The standard InChI is InChI=1S/C20H26N2O2/c1-17(24-16-19-10-6-3-7-11-19)20(23)22(15-13-21)14-12-18-8-4-2-5-9-18/h2-11,17H,12-16,21H2,1H3. The zero-order valence-electron chi connectivity index (χ0n) is 14.2. The minimum atomic E-state index is -0.479. The van der Waals surface area contributed by atoms with Crippen LogP contribution in [0.5, 0.6) is 0 Å². The Balaban J connectivity index is 1.87. The fraction of sp³-hybridized carbons (Fsp3) is 0.350. The zero-order chi connectivity index (χ0) is 17.2. The van der Waals surface area contributed by atoms with Crippen LogP contribution >= 0.6 is 0 Å². The number of ether oxygens (including phenoxy) is 1. The van der Waals surface area contributed by atoms with Crippen LogP contribution in [0.1, 0.15) is 18.1 Å². The van der Waals surface area contributed by atoms with Gasteiger partial charge in [-0.15, -0.1) is 0 Å². The van der Waals surface area contributed by atoms with Gasteiger partial charge in [0.05, 0.1) is 6.61 Å². The third kappa shape index (κ3) is 5.80. The molecule has 1 unspecified atom stereocenters. The Bertz CT molecular complexity index is 602. The number of hydrogen-bond donors (Lipinski definition) is 1. The summed E-state index contributed by atoms with van der Waals surface area (Å²) in [5.74, 6) is -0.00712. The maximum absolute atomic E-state index is 12.6. The van der Waals surface area contributed by atoms with E-state index in [4.69, 9.17) is 10.5 Å². The first kappa shape index (κ1) is 18.2. The topological polar surface area (TPSA) is 55.6 Å². The fourth-order valence-electron chi connectivity index (χ4n) is 2.52. The van der Waals surface area contributed by atoms with Crippen LogP contribution in [0.25, 0.3) is 0 Å². The van der Waals surface area contributed by atoms with E-state index < -0.39 is 6.10 Å². The largest absolute Gasteiger partial charge is 0.364 e. The van der Waals surface area contributed by atoms with Crippen LogP contribution in [-0.2, 0) is 22.6 Å². The van der Waals surface area contributed by atoms with Crippen molar-refractivity contribution in [2.75, 3.05) is 19.6 Å². The Labute approximate surface area is 144 Å². The molecule has 0 aliphatic heterocycles. The van der Waals surface area contributed by atoms with Crippen molar-refractivity contribution < 1.29 is 9.53 Å². The summed E-state index contributed by atoms with van der Waals surface area (Å²) in [6, 6.07) is 20.0. The van der Waals surface area contributed by atoms with Crippen LogP contribution in [0, 0.1) is 0 Å². The van der Waals surface area contributed by atoms with Gasteiger partial charge in [-0.1, -0.05) is 60.7 Å². The number of benzene rings is 2. The molecule has 0 spiro atoms. The van der Waals surface area contributed by atoms with Crippen molar-refractivity contribution in [3.8, 4) is 0 Å². The van der Waals surface area contributed by atoms with Gasteiger partial charge in [-0.05, 0) is 24.5 Å². The van der Waals surface area contributed by atoms with E-state index in [0.29, 0.717) is 26.2 Å². The van der Waals surface area contributed by atoms with Crippen LogP contribution in [0.15, 0.2) is 60.7 Å². The molecule has 0 aromatic heterocycles. The number of nitrogens with two attached hydrogens (primary N) is 1. The summed E-state index contributed by atoms with van der Waals surface area (Å²) in [6.45, 7) is 3.88. The second-order valence-electron chi connectivity index (χ2n) is 5.79. The number of carbonyl (C=O) groups excluding carboxylic acids is 1. The highest BCUT2D eigenvalue weighted by atomic mass is 16.5. The van der Waals surface area contributed by atoms with Crippen molar-refractivity contribution in [1.29, 1.82) is 0 Å². The Morgan fingerprint density at radius 3 is 2.17 bits per heavy atom. The smallest absolute Gasteiger partial charge is 0.251 e. The highest BCUT2D eigenvalue weighted by Crippen LogP contribution is 2.07. The van der Waals surface area contributed by atoms with Gasteiger partial charge in [-0.25, -0.2) is 0 Å². The van der Waals surface area contributed by atoms with Crippen molar-refractivity contribution >= 4 is 5.91 Å². The summed E-state index contributed by atoms with van der Waals surface area (Å²) in [5.41, 5.74) is 7.94. The van der Waals surface area contributed by atoms with Crippen LogP contribution < -0.4 is 5.73 Å². The number of hydrogen-bond acceptors (Lipinski definition) is 3. The third-order valence-corrected chi connectivity index (χ3v) is 3.91. The third-order valence-electron chi connectivity index (χ3n) is 3.91. The maximum Gasteiger partial charge on any atom is 0.251 e. The quantitative estimate of drug-likeness (QED) is 0.771. The van der Waals surface area contributed by atoms with Gasteiger partial charge >= 0.3 is 0 Å². The summed E-state index contributed by atoms with van der Waals surface area (Å²) in [6.07, 6.45) is 0.338. The molecule has 0 heterocycles. The van der Waals surface area contributed by atoms with Crippen LogP contribution in [0.3, 0.4) is 0 Å². The van der Waals surface area contributed by atoms with Gasteiger partial charge in [0.25, 0.3) is 5.91 Å². The summed E-state index contributed by atoms with van der Waals surface area (Å²) < 4.78 is 5.74. The van der Waals surface area contributed by atoms with E-state index >= 15 is 0 Å². The van der Waals surface area contributed by atoms with Crippen LogP contribution in [-0.4, -0.2) is 36.5 Å². The molecule has 0 radical (unpaired) electrons. The van der Waals surface area contributed by atoms with Gasteiger partial charge in [0.2, 0.25) is 0 Å². The van der Waals surface area contributed by atoms with E-state index in [-0.39, 0.29) is 5.91 Å². The van der Waals surface area contributed by atoms with Gasteiger partial charge in [0.15, 0.2) is 0 Å². The molecule has 2 rings (SSSR count). The van der Waals surface area contributed by atoms with Gasteiger partial charge < -0.3 is 15.4 Å². The van der Waals surface area contributed by atoms with Crippen LogP contribution in [0.2, 0.25) is 0 Å². The molecule has 1 atom stereocenters. The predicted molar refractivity (Wildman–Crippen MR) is 96.5 cm³/mol. The molecule has 0 aliphatic carbocycles. The maximum atomic E-state index is 12.6. The van der Waals surface area contributed by atoms with E-state index in [2.05, 4.69) is 12.1 Å². The first-order chi connectivity index (χ1) is 11.7. The Morgan fingerprint density at radius 2 is 1.58 bits per heavy atom. The van der Waals surface area contributed by atoms with Crippen molar-refractivity contribution in [3.05, 3.63) is 71.8 Å². The van der Waals surface area contributed by atoms with E-state index in [1.165, 1.54) is 5.56 Å². The summed E-state index contributed by atoms with van der Waals surface area (Å²) in [4.78, 5) is 14.4. The van der Waals surface area contributed by atoms with E-state index in [9.17, 15) is 4.79 Å². The molecule has 4 nitrogen and oxygen atoms in total. The lowest BCUT2D eigenvalue weighted by Gasteiger charge is -2.25. The zero-order valence-corrected chi connectivity index (χ0v) is 14.2. The van der Waals surface area contributed by atoms with E-state index in [1.807, 2.05) is 48.5 Å². The Kier molecular flexibility index (Phi) is 7.46. The first-order valence-electron chi connectivity index (χ1n) is 8.39. The fourth-order valence-corrected chi connectivity index (χ4v) is 2.52. The number of nitrogens with zero attached hydrogens (tertiary/aromatic N) is 1. The average Bonchev–Trinajstić information content (AvgIpc) is 2.64. The van der Waals surface area contributed by atoms with Gasteiger partial charge in [0.1, 0.15) is 6.10 Å². The summed E-state index contributed by atoms with van der Waals surface area (Å²) >= 11 is 0. The van der Waals surface area contributed by atoms with E-state index in [0.717, 1.165) is 12.0 Å². The van der Waals surface area contributed by atoms with E-state index in [1.54, 1.807) is 11.8 Å². The highest BCUT2D eigenvalue weighted by Gasteiger charge is 2.20. The molecule has 2 aromatic carbocycles. The van der Waals surface area contributed by atoms with Crippen molar-refractivity contribution in [2.24, 2.45) is 5.73 Å². The Morgan fingerprint density at radius 1 is 1.00 bits per heavy atom. The molecule has 1 amide bonds. The molecule has 128 valence electrons. The minimum absolute atomic E-state index is 0.00712. The lowest BCUT2D eigenvalue weighted by molar-refractivity contribution is -0.143. The van der Waals surface area contributed by atoms with Crippen molar-refractivity contribution in [3.63, 3.8) is 0 Å². The minimum Gasteiger partial charge on any atom is -0.364 e. The number of amides is 1. The Hall–Kier alpha value is -2.17. The molecule has 0 fully saturated rings. The molecule has 0 bridgehead atoms. The van der Waals surface area contributed by atoms with Gasteiger partial charge in [-0.3, -0.25) is 4.79 Å². The number of carbonyl (C=O) groups is 1. The predicted octanol–water partition coefficient (Wildman–Crippen LogP) is 2.62. The second-order valence-corrected chi connectivity index (χ2v) is 5.79. The molecular weight excluding hydrogens is 300 g/mol. The SMILES string of the molecule is CC(OCc1ccccc1)C(=O)N(CCN)CCc1ccccc1.